The maximum atomic E-state index is 13.3. The van der Waals surface area contributed by atoms with E-state index in [2.05, 4.69) is 20.4 Å². The van der Waals surface area contributed by atoms with Gasteiger partial charge in [0.25, 0.3) is 0 Å². The van der Waals surface area contributed by atoms with Gasteiger partial charge in [-0.05, 0) is 35.5 Å². The van der Waals surface area contributed by atoms with Gasteiger partial charge in [-0.1, -0.05) is 0 Å². The summed E-state index contributed by atoms with van der Waals surface area (Å²) in [7, 11) is 0. The van der Waals surface area contributed by atoms with Gasteiger partial charge in [-0.3, -0.25) is 14.1 Å². The number of nitroso groups, excluding NO2 is 1. The van der Waals surface area contributed by atoms with Crippen LogP contribution >= 0.6 is 0 Å². The average Bonchev–Trinajstić information content (AvgIpc) is 3.17. The molecule has 8 heteroatoms. The van der Waals surface area contributed by atoms with Crippen molar-refractivity contribution in [1.82, 2.24) is 14.3 Å². The smallest absolute Gasteiger partial charge is 0.199 e. The van der Waals surface area contributed by atoms with E-state index in [1.165, 1.54) is 0 Å². The molecule has 2 aromatic carbocycles. The number of pyridine rings is 1. The minimum atomic E-state index is -0.118. The highest BCUT2D eigenvalue weighted by molar-refractivity contribution is 6.07. The zero-order chi connectivity index (χ0) is 19.1. The normalized spacial score (nSPS) is 15.6. The first-order chi connectivity index (χ1) is 13.8. The van der Waals surface area contributed by atoms with E-state index in [4.69, 9.17) is 4.74 Å². The number of hydrogen-bond donors (Lipinski definition) is 1. The molecular formula is C20H19N5O3. The molecule has 0 saturated carbocycles. The van der Waals surface area contributed by atoms with Gasteiger partial charge in [0.2, 0.25) is 0 Å². The van der Waals surface area contributed by atoms with Gasteiger partial charge in [0.1, 0.15) is 12.0 Å². The lowest BCUT2D eigenvalue weighted by Gasteiger charge is -2.26. The van der Waals surface area contributed by atoms with Crippen molar-refractivity contribution in [1.29, 1.82) is 0 Å². The maximum Gasteiger partial charge on any atom is 0.199 e. The van der Waals surface area contributed by atoms with Crippen LogP contribution in [0.3, 0.4) is 0 Å². The van der Waals surface area contributed by atoms with Crippen LogP contribution in [0.5, 0.6) is 0 Å². The summed E-state index contributed by atoms with van der Waals surface area (Å²) in [5, 5.41) is 7.44. The van der Waals surface area contributed by atoms with Crippen molar-refractivity contribution in [3.05, 3.63) is 51.8 Å². The number of morpholine rings is 1. The largest absolute Gasteiger partial charge is 0.383 e. The summed E-state index contributed by atoms with van der Waals surface area (Å²) >= 11 is 0. The standard InChI is InChI=1S/C20H19N5O3/c26-20-14-11-13(23-27)1-4-17(14)25-12-22-16-3-2-15(18(20)19(16)25)21-5-6-24-7-9-28-10-8-24/h1-4,11-12,21H,5-10H2. The molecule has 1 saturated heterocycles. The van der Waals surface area contributed by atoms with Crippen LogP contribution in [0.15, 0.2) is 46.6 Å². The lowest BCUT2D eigenvalue weighted by Crippen LogP contribution is -2.39. The van der Waals surface area contributed by atoms with E-state index >= 15 is 0 Å². The molecule has 0 radical (unpaired) electrons. The Morgan fingerprint density at radius 1 is 1.18 bits per heavy atom. The SMILES string of the molecule is O=Nc1ccc2c(c1)c(=O)c1c(NCCN3CCOCC3)ccc3ncn2c31. The second-order valence-electron chi connectivity index (χ2n) is 6.97. The van der Waals surface area contributed by atoms with Crippen LogP contribution in [-0.2, 0) is 4.74 Å². The van der Waals surface area contributed by atoms with Gasteiger partial charge in [-0.25, -0.2) is 4.98 Å². The Morgan fingerprint density at radius 3 is 2.86 bits per heavy atom. The van der Waals surface area contributed by atoms with Crippen LogP contribution in [0.2, 0.25) is 0 Å². The fourth-order valence-corrected chi connectivity index (χ4v) is 3.95. The molecule has 3 heterocycles. The zero-order valence-corrected chi connectivity index (χ0v) is 15.2. The summed E-state index contributed by atoms with van der Waals surface area (Å²) in [5.41, 5.74) is 3.18. The minimum absolute atomic E-state index is 0.118. The summed E-state index contributed by atoms with van der Waals surface area (Å²) in [4.78, 5) is 31.0. The number of benzene rings is 2. The quantitative estimate of drug-likeness (QED) is 0.425. The lowest BCUT2D eigenvalue weighted by atomic mass is 10.1. The average molecular weight is 377 g/mol. The third-order valence-corrected chi connectivity index (χ3v) is 5.37. The molecule has 142 valence electrons. The number of aromatic nitrogens is 2. The third-order valence-electron chi connectivity index (χ3n) is 5.37. The number of rotatable bonds is 5. The van der Waals surface area contributed by atoms with Gasteiger partial charge >= 0.3 is 0 Å². The van der Waals surface area contributed by atoms with E-state index < -0.39 is 0 Å². The zero-order valence-electron chi connectivity index (χ0n) is 15.2. The number of nitrogens with zero attached hydrogens (tertiary/aromatic N) is 4. The minimum Gasteiger partial charge on any atom is -0.383 e. The van der Waals surface area contributed by atoms with Crippen LogP contribution in [-0.4, -0.2) is 53.7 Å². The van der Waals surface area contributed by atoms with Crippen LogP contribution in [0.1, 0.15) is 0 Å². The van der Waals surface area contributed by atoms with Crippen molar-refractivity contribution in [2.75, 3.05) is 44.7 Å². The van der Waals surface area contributed by atoms with Crippen LogP contribution in [0, 0.1) is 4.91 Å². The van der Waals surface area contributed by atoms with Gasteiger partial charge < -0.3 is 10.1 Å². The second-order valence-corrected chi connectivity index (χ2v) is 6.97. The predicted octanol–water partition coefficient (Wildman–Crippen LogP) is 2.58. The first kappa shape index (κ1) is 17.0. The monoisotopic (exact) mass is 377 g/mol. The highest BCUT2D eigenvalue weighted by Gasteiger charge is 2.17. The predicted molar refractivity (Wildman–Crippen MR) is 109 cm³/mol. The molecule has 1 aliphatic heterocycles. The Kier molecular flexibility index (Phi) is 4.14. The van der Waals surface area contributed by atoms with Crippen molar-refractivity contribution in [3.63, 3.8) is 0 Å². The van der Waals surface area contributed by atoms with E-state index in [1.807, 2.05) is 16.5 Å². The molecule has 0 unspecified atom stereocenters. The van der Waals surface area contributed by atoms with Crippen molar-refractivity contribution in [2.24, 2.45) is 5.18 Å². The highest BCUT2D eigenvalue weighted by Crippen LogP contribution is 2.29. The van der Waals surface area contributed by atoms with Gasteiger partial charge in [-0.2, -0.15) is 0 Å². The van der Waals surface area contributed by atoms with Gasteiger partial charge in [0.15, 0.2) is 5.43 Å². The number of ether oxygens (including phenoxy) is 1. The highest BCUT2D eigenvalue weighted by atomic mass is 16.5. The van der Waals surface area contributed by atoms with E-state index in [9.17, 15) is 9.70 Å². The van der Waals surface area contributed by atoms with E-state index in [-0.39, 0.29) is 11.1 Å². The number of imidazole rings is 1. The van der Waals surface area contributed by atoms with E-state index in [1.54, 1.807) is 24.5 Å². The summed E-state index contributed by atoms with van der Waals surface area (Å²) in [6.07, 6.45) is 1.71. The van der Waals surface area contributed by atoms with Crippen LogP contribution in [0.4, 0.5) is 11.4 Å². The fraction of sp³-hybridized carbons (Fsp3) is 0.300. The Hall–Kier alpha value is -3.10. The maximum absolute atomic E-state index is 13.3. The molecule has 5 rings (SSSR count). The molecule has 0 spiro atoms. The van der Waals surface area contributed by atoms with Gasteiger partial charge in [0.05, 0.1) is 35.2 Å². The molecule has 1 N–H and O–H groups in total. The molecule has 1 aliphatic rings. The van der Waals surface area contributed by atoms with Gasteiger partial charge in [0, 0.05) is 37.3 Å². The molecule has 28 heavy (non-hydrogen) atoms. The Morgan fingerprint density at radius 2 is 2.04 bits per heavy atom. The van der Waals surface area contributed by atoms with Crippen molar-refractivity contribution < 1.29 is 4.74 Å². The number of nitrogens with one attached hydrogen (secondary N) is 1. The first-order valence-corrected chi connectivity index (χ1v) is 9.33. The van der Waals surface area contributed by atoms with Gasteiger partial charge in [-0.15, -0.1) is 4.91 Å². The van der Waals surface area contributed by atoms with Crippen molar-refractivity contribution in [3.8, 4) is 0 Å². The molecule has 0 aliphatic carbocycles. The molecule has 0 bridgehead atoms. The molecule has 0 amide bonds. The van der Waals surface area contributed by atoms with E-state index in [0.29, 0.717) is 10.8 Å². The molecule has 2 aromatic heterocycles. The number of fused-ring (bicyclic) bond motifs is 2. The Labute approximate surface area is 160 Å². The van der Waals surface area contributed by atoms with E-state index in [0.717, 1.165) is 61.6 Å². The van der Waals surface area contributed by atoms with Crippen molar-refractivity contribution in [2.45, 2.75) is 0 Å². The fourth-order valence-electron chi connectivity index (χ4n) is 3.95. The molecule has 4 aromatic rings. The van der Waals surface area contributed by atoms with Crippen molar-refractivity contribution >= 4 is 38.7 Å². The molecular weight excluding hydrogens is 358 g/mol. The Balaban J connectivity index is 1.59. The number of hydrogen-bond acceptors (Lipinski definition) is 7. The second kappa shape index (κ2) is 6.81. The summed E-state index contributed by atoms with van der Waals surface area (Å²) in [6, 6.07) is 8.72. The summed E-state index contributed by atoms with van der Waals surface area (Å²) in [5.74, 6) is 0. The third kappa shape index (κ3) is 2.69. The summed E-state index contributed by atoms with van der Waals surface area (Å²) in [6.45, 7) is 4.98. The molecule has 8 nitrogen and oxygen atoms in total. The Bertz CT molecular complexity index is 1230. The van der Waals surface area contributed by atoms with Crippen LogP contribution < -0.4 is 10.7 Å². The summed E-state index contributed by atoms with van der Waals surface area (Å²) < 4.78 is 7.29. The molecule has 1 fully saturated rings. The number of anilines is 1. The topological polar surface area (TPSA) is 88.3 Å². The first-order valence-electron chi connectivity index (χ1n) is 9.33. The lowest BCUT2D eigenvalue weighted by molar-refractivity contribution is 0.0398. The molecule has 0 atom stereocenters. The van der Waals surface area contributed by atoms with Crippen LogP contribution in [0.25, 0.3) is 27.3 Å².